The Morgan fingerprint density at radius 2 is 1.72 bits per heavy atom. The molecule has 0 spiro atoms. The average Bonchev–Trinajstić information content (AvgIpc) is 3.38. The van der Waals surface area contributed by atoms with Crippen LogP contribution in [0, 0.1) is 5.82 Å². The van der Waals surface area contributed by atoms with Gasteiger partial charge in [-0.1, -0.05) is 23.3 Å². The minimum absolute atomic E-state index is 0.0262. The lowest BCUT2D eigenvalue weighted by atomic mass is 10.1. The molecule has 2 aliphatic rings. The lowest BCUT2D eigenvalue weighted by Gasteiger charge is -2.12. The maximum absolute atomic E-state index is 13.6. The first-order chi connectivity index (χ1) is 14.0. The molecule has 144 valence electrons. The van der Waals surface area contributed by atoms with Crippen molar-refractivity contribution in [3.8, 4) is 5.69 Å². The summed E-state index contributed by atoms with van der Waals surface area (Å²) in [6.07, 6.45) is 2.10. The molecule has 0 bridgehead atoms. The standard InChI is InChI=1S/C21H14FN3O4/c22-12-5-3-6-13(11-12)24-17-10-4-9-16(17)18(23-24)21(28)29-25-19(26)14-7-1-2-8-15(14)20(25)27/h1-3,5-8,11H,4,9-10H2. The number of aromatic nitrogens is 2. The highest BCUT2D eigenvalue weighted by molar-refractivity contribution is 6.21. The summed E-state index contributed by atoms with van der Waals surface area (Å²) in [7, 11) is 0. The molecule has 0 unspecified atom stereocenters. The first-order valence-corrected chi connectivity index (χ1v) is 9.11. The highest BCUT2D eigenvalue weighted by Crippen LogP contribution is 2.29. The lowest BCUT2D eigenvalue weighted by molar-refractivity contribution is -0.0589. The van der Waals surface area contributed by atoms with E-state index >= 15 is 0 Å². The molecule has 29 heavy (non-hydrogen) atoms. The van der Waals surface area contributed by atoms with Gasteiger partial charge in [0.05, 0.1) is 16.8 Å². The van der Waals surface area contributed by atoms with Crippen LogP contribution < -0.4 is 0 Å². The predicted octanol–water partition coefficient (Wildman–Crippen LogP) is 2.87. The number of benzene rings is 2. The number of nitrogens with zero attached hydrogens (tertiary/aromatic N) is 3. The third-order valence-corrected chi connectivity index (χ3v) is 5.11. The fourth-order valence-corrected chi connectivity index (χ4v) is 3.80. The zero-order valence-electron chi connectivity index (χ0n) is 15.1. The van der Waals surface area contributed by atoms with Crippen molar-refractivity contribution in [2.45, 2.75) is 19.3 Å². The molecule has 8 heteroatoms. The maximum atomic E-state index is 13.6. The molecular formula is C21H14FN3O4. The summed E-state index contributed by atoms with van der Waals surface area (Å²) in [5, 5.41) is 4.78. The molecule has 3 aromatic rings. The van der Waals surface area contributed by atoms with Crippen molar-refractivity contribution in [1.82, 2.24) is 14.8 Å². The third-order valence-electron chi connectivity index (χ3n) is 5.11. The van der Waals surface area contributed by atoms with Crippen molar-refractivity contribution in [1.29, 1.82) is 0 Å². The second-order valence-corrected chi connectivity index (χ2v) is 6.85. The van der Waals surface area contributed by atoms with Crippen LogP contribution in [-0.4, -0.2) is 32.6 Å². The molecule has 0 saturated heterocycles. The van der Waals surface area contributed by atoms with E-state index in [1.165, 1.54) is 28.9 Å². The predicted molar refractivity (Wildman–Crippen MR) is 97.9 cm³/mol. The Labute approximate surface area is 164 Å². The Bertz CT molecular complexity index is 1170. The summed E-state index contributed by atoms with van der Waals surface area (Å²) in [6, 6.07) is 12.2. The average molecular weight is 391 g/mol. The Balaban J connectivity index is 1.48. The summed E-state index contributed by atoms with van der Waals surface area (Å²) >= 11 is 0. The van der Waals surface area contributed by atoms with E-state index in [4.69, 9.17) is 4.84 Å². The second-order valence-electron chi connectivity index (χ2n) is 6.85. The van der Waals surface area contributed by atoms with Crippen molar-refractivity contribution in [3.63, 3.8) is 0 Å². The molecule has 0 atom stereocenters. The maximum Gasteiger partial charge on any atom is 0.384 e. The van der Waals surface area contributed by atoms with Crippen LogP contribution >= 0.6 is 0 Å². The Hall–Kier alpha value is -3.81. The van der Waals surface area contributed by atoms with Gasteiger partial charge >= 0.3 is 5.97 Å². The smallest absolute Gasteiger partial charge is 0.322 e. The molecule has 0 fully saturated rings. The van der Waals surface area contributed by atoms with E-state index in [0.717, 1.165) is 12.1 Å². The molecule has 1 aromatic heterocycles. The van der Waals surface area contributed by atoms with Gasteiger partial charge in [-0.15, -0.1) is 0 Å². The molecule has 7 nitrogen and oxygen atoms in total. The van der Waals surface area contributed by atoms with Gasteiger partial charge < -0.3 is 4.84 Å². The van der Waals surface area contributed by atoms with Gasteiger partial charge in [0.2, 0.25) is 0 Å². The van der Waals surface area contributed by atoms with Crippen LogP contribution in [0.5, 0.6) is 0 Å². The summed E-state index contributed by atoms with van der Waals surface area (Å²) in [5.41, 5.74) is 2.36. The number of rotatable bonds is 3. The minimum atomic E-state index is -0.896. The van der Waals surface area contributed by atoms with E-state index < -0.39 is 23.6 Å². The van der Waals surface area contributed by atoms with Crippen LogP contribution in [0.3, 0.4) is 0 Å². The van der Waals surface area contributed by atoms with E-state index in [1.54, 1.807) is 24.3 Å². The van der Waals surface area contributed by atoms with Gasteiger partial charge in [0.1, 0.15) is 5.82 Å². The fourth-order valence-electron chi connectivity index (χ4n) is 3.80. The number of carbonyl (C=O) groups excluding carboxylic acids is 3. The highest BCUT2D eigenvalue weighted by atomic mass is 19.1. The van der Waals surface area contributed by atoms with Gasteiger partial charge in [-0.05, 0) is 49.6 Å². The van der Waals surface area contributed by atoms with Gasteiger partial charge in [0.25, 0.3) is 11.8 Å². The van der Waals surface area contributed by atoms with Crippen LogP contribution in [0.2, 0.25) is 0 Å². The van der Waals surface area contributed by atoms with E-state index in [9.17, 15) is 18.8 Å². The van der Waals surface area contributed by atoms with Gasteiger partial charge in [-0.3, -0.25) is 9.59 Å². The number of fused-ring (bicyclic) bond motifs is 2. The number of hydrogen-bond donors (Lipinski definition) is 0. The number of hydrogen-bond acceptors (Lipinski definition) is 5. The summed E-state index contributed by atoms with van der Waals surface area (Å²) in [5.74, 6) is -2.70. The van der Waals surface area contributed by atoms with Crippen LogP contribution in [0.1, 0.15) is 48.9 Å². The normalized spacial score (nSPS) is 14.9. The van der Waals surface area contributed by atoms with Crippen molar-refractivity contribution >= 4 is 17.8 Å². The molecule has 2 aromatic carbocycles. The summed E-state index contributed by atoms with van der Waals surface area (Å²) in [4.78, 5) is 42.8. The monoisotopic (exact) mass is 391 g/mol. The van der Waals surface area contributed by atoms with Crippen molar-refractivity contribution in [2.24, 2.45) is 0 Å². The second kappa shape index (κ2) is 6.37. The molecule has 0 radical (unpaired) electrons. The molecule has 2 amide bonds. The van der Waals surface area contributed by atoms with E-state index in [2.05, 4.69) is 5.10 Å². The minimum Gasteiger partial charge on any atom is -0.322 e. The van der Waals surface area contributed by atoms with E-state index in [-0.39, 0.29) is 16.8 Å². The molecule has 0 saturated carbocycles. The van der Waals surface area contributed by atoms with Gasteiger partial charge in [-0.2, -0.15) is 5.10 Å². The highest BCUT2D eigenvalue weighted by Gasteiger charge is 2.40. The largest absolute Gasteiger partial charge is 0.384 e. The molecule has 2 heterocycles. The van der Waals surface area contributed by atoms with Crippen LogP contribution in [0.25, 0.3) is 5.69 Å². The fraction of sp³-hybridized carbons (Fsp3) is 0.143. The quantitative estimate of drug-likeness (QED) is 0.642. The van der Waals surface area contributed by atoms with Crippen molar-refractivity contribution in [2.75, 3.05) is 0 Å². The van der Waals surface area contributed by atoms with E-state index in [0.29, 0.717) is 29.2 Å². The number of carbonyl (C=O) groups is 3. The number of hydroxylamine groups is 2. The van der Waals surface area contributed by atoms with Gasteiger partial charge in [0, 0.05) is 11.3 Å². The summed E-state index contributed by atoms with van der Waals surface area (Å²) in [6.45, 7) is 0. The van der Waals surface area contributed by atoms with Crippen LogP contribution in [-0.2, 0) is 17.7 Å². The van der Waals surface area contributed by atoms with Crippen molar-refractivity contribution < 1.29 is 23.6 Å². The number of halogens is 1. The van der Waals surface area contributed by atoms with Gasteiger partial charge in [0.15, 0.2) is 5.69 Å². The SMILES string of the molecule is O=C(ON1C(=O)c2ccccc2C1=O)c1nn(-c2cccc(F)c2)c2c1CCC2. The van der Waals surface area contributed by atoms with Crippen molar-refractivity contribution in [3.05, 3.63) is 82.4 Å². The topological polar surface area (TPSA) is 81.5 Å². The molecule has 1 aliphatic heterocycles. The zero-order chi connectivity index (χ0) is 20.1. The Morgan fingerprint density at radius 1 is 1.00 bits per heavy atom. The number of amides is 2. The van der Waals surface area contributed by atoms with E-state index in [1.807, 2.05) is 0 Å². The lowest BCUT2D eigenvalue weighted by Crippen LogP contribution is -2.33. The zero-order valence-corrected chi connectivity index (χ0v) is 15.1. The van der Waals surface area contributed by atoms with Gasteiger partial charge in [-0.25, -0.2) is 13.9 Å². The Kier molecular flexibility index (Phi) is 3.80. The third kappa shape index (κ3) is 2.64. The molecular weight excluding hydrogens is 377 g/mol. The first kappa shape index (κ1) is 17.3. The van der Waals surface area contributed by atoms with Crippen LogP contribution in [0.15, 0.2) is 48.5 Å². The number of imide groups is 1. The molecule has 1 aliphatic carbocycles. The molecule has 0 N–H and O–H groups in total. The molecule has 5 rings (SSSR count). The van der Waals surface area contributed by atoms with Crippen LogP contribution in [0.4, 0.5) is 4.39 Å². The Morgan fingerprint density at radius 3 is 2.41 bits per heavy atom. The first-order valence-electron chi connectivity index (χ1n) is 9.11. The summed E-state index contributed by atoms with van der Waals surface area (Å²) < 4.78 is 15.2.